The number of nitrogens with one attached hydrogen (secondary N) is 1. The molecule has 0 spiro atoms. The van der Waals surface area contributed by atoms with Gasteiger partial charge < -0.3 is 14.4 Å². The van der Waals surface area contributed by atoms with Gasteiger partial charge in [0.25, 0.3) is 0 Å². The van der Waals surface area contributed by atoms with Gasteiger partial charge in [0.1, 0.15) is 5.75 Å². The van der Waals surface area contributed by atoms with Gasteiger partial charge in [0, 0.05) is 29.2 Å². The molecule has 1 aliphatic heterocycles. The Balaban J connectivity index is 1.48. The lowest BCUT2D eigenvalue weighted by Crippen LogP contribution is -2.36. The summed E-state index contributed by atoms with van der Waals surface area (Å²) in [7, 11) is 1.64. The summed E-state index contributed by atoms with van der Waals surface area (Å²) < 4.78 is 13.6. The van der Waals surface area contributed by atoms with E-state index >= 15 is 0 Å². The fourth-order valence-electron chi connectivity index (χ4n) is 2.61. The Hall–Kier alpha value is -2.02. The molecule has 2 aromatic carbocycles. The molecule has 0 aromatic heterocycles. The van der Waals surface area contributed by atoms with Gasteiger partial charge in [-0.25, -0.2) is 0 Å². The number of rotatable bonds is 7. The van der Waals surface area contributed by atoms with E-state index in [4.69, 9.17) is 9.47 Å². The number of nitrogens with zero attached hydrogens (tertiary/aromatic N) is 1. The Labute approximate surface area is 152 Å². The third kappa shape index (κ3) is 4.98. The van der Waals surface area contributed by atoms with Crippen molar-refractivity contribution in [2.75, 3.05) is 44.9 Å². The van der Waals surface area contributed by atoms with Crippen LogP contribution in [-0.2, 0) is 4.74 Å². The van der Waals surface area contributed by atoms with Crippen LogP contribution < -0.4 is 14.4 Å². The molecule has 0 amide bonds. The van der Waals surface area contributed by atoms with Crippen molar-refractivity contribution in [1.29, 1.82) is 0 Å². The topological polar surface area (TPSA) is 50.8 Å². The minimum atomic E-state index is 0.0783. The molecule has 132 valence electrons. The van der Waals surface area contributed by atoms with Gasteiger partial charge in [-0.2, -0.15) is 0 Å². The molecule has 0 unspecified atom stereocenters. The smallest absolute Gasteiger partial charge is 0.177 e. The van der Waals surface area contributed by atoms with Crippen LogP contribution in [0.2, 0.25) is 0 Å². The number of methoxy groups -OCH3 is 1. The summed E-state index contributed by atoms with van der Waals surface area (Å²) in [5, 5.41) is 0. The van der Waals surface area contributed by atoms with E-state index in [1.54, 1.807) is 7.11 Å². The first-order valence-electron chi connectivity index (χ1n) is 8.26. The summed E-state index contributed by atoms with van der Waals surface area (Å²) in [6.07, 6.45) is 0. The standard InChI is InChI=1S/C19H22N2O3S/c1-23-17-6-8-18(9-7-17)25-20-14-19(22)15-2-4-16(5-3-15)21-10-12-24-13-11-21/h2-9,20H,10-14H2,1H3. The zero-order chi connectivity index (χ0) is 17.5. The third-order valence-corrected chi connectivity index (χ3v) is 4.84. The van der Waals surface area contributed by atoms with Gasteiger partial charge in [-0.1, -0.05) is 0 Å². The highest BCUT2D eigenvalue weighted by Crippen LogP contribution is 2.19. The predicted molar refractivity (Wildman–Crippen MR) is 101 cm³/mol. The van der Waals surface area contributed by atoms with Crippen LogP contribution in [0.4, 0.5) is 5.69 Å². The molecule has 1 fully saturated rings. The molecule has 6 heteroatoms. The van der Waals surface area contributed by atoms with E-state index in [0.29, 0.717) is 0 Å². The molecule has 1 aliphatic rings. The molecule has 2 aromatic rings. The minimum Gasteiger partial charge on any atom is -0.497 e. The lowest BCUT2D eigenvalue weighted by atomic mass is 10.1. The number of Topliss-reactive ketones (excluding diaryl/α,β-unsaturated/α-hetero) is 1. The summed E-state index contributed by atoms with van der Waals surface area (Å²) in [4.78, 5) is 15.6. The average molecular weight is 358 g/mol. The van der Waals surface area contributed by atoms with E-state index in [2.05, 4.69) is 9.62 Å². The van der Waals surface area contributed by atoms with Crippen molar-refractivity contribution < 1.29 is 14.3 Å². The van der Waals surface area contributed by atoms with Gasteiger partial charge in [0.2, 0.25) is 0 Å². The molecule has 5 nitrogen and oxygen atoms in total. The molecule has 1 saturated heterocycles. The SMILES string of the molecule is COc1ccc(SNCC(=O)c2ccc(N3CCOCC3)cc2)cc1. The maximum atomic E-state index is 12.3. The Morgan fingerprint density at radius 1 is 1.12 bits per heavy atom. The van der Waals surface area contributed by atoms with Gasteiger partial charge in [0.15, 0.2) is 5.78 Å². The largest absolute Gasteiger partial charge is 0.497 e. The molecule has 0 aliphatic carbocycles. The molecule has 0 radical (unpaired) electrons. The number of hydrogen-bond acceptors (Lipinski definition) is 6. The zero-order valence-corrected chi connectivity index (χ0v) is 15.1. The third-order valence-electron chi connectivity index (χ3n) is 4.05. The first-order valence-corrected chi connectivity index (χ1v) is 9.07. The lowest BCUT2D eigenvalue weighted by molar-refractivity contribution is 0.0998. The summed E-state index contributed by atoms with van der Waals surface area (Å²) in [6, 6.07) is 15.5. The van der Waals surface area contributed by atoms with Crippen molar-refractivity contribution in [2.24, 2.45) is 0 Å². The van der Waals surface area contributed by atoms with E-state index in [9.17, 15) is 4.79 Å². The van der Waals surface area contributed by atoms with E-state index in [1.807, 2.05) is 48.5 Å². The Bertz CT molecular complexity index is 683. The summed E-state index contributed by atoms with van der Waals surface area (Å²) >= 11 is 1.44. The maximum absolute atomic E-state index is 12.3. The number of ether oxygens (including phenoxy) is 2. The second-order valence-electron chi connectivity index (χ2n) is 5.67. The lowest BCUT2D eigenvalue weighted by Gasteiger charge is -2.28. The highest BCUT2D eigenvalue weighted by Gasteiger charge is 2.12. The van der Waals surface area contributed by atoms with Crippen molar-refractivity contribution in [3.05, 3.63) is 54.1 Å². The van der Waals surface area contributed by atoms with Crippen LogP contribution in [0.15, 0.2) is 53.4 Å². The highest BCUT2D eigenvalue weighted by atomic mass is 32.2. The van der Waals surface area contributed by atoms with E-state index in [0.717, 1.165) is 48.2 Å². The average Bonchev–Trinajstić information content (AvgIpc) is 2.69. The van der Waals surface area contributed by atoms with Crippen LogP contribution in [0, 0.1) is 0 Å². The van der Waals surface area contributed by atoms with Crippen molar-refractivity contribution in [1.82, 2.24) is 4.72 Å². The minimum absolute atomic E-state index is 0.0783. The Morgan fingerprint density at radius 3 is 2.44 bits per heavy atom. The summed E-state index contributed by atoms with van der Waals surface area (Å²) in [5.41, 5.74) is 1.86. The van der Waals surface area contributed by atoms with E-state index < -0.39 is 0 Å². The van der Waals surface area contributed by atoms with Gasteiger partial charge in [-0.15, -0.1) is 0 Å². The summed E-state index contributed by atoms with van der Waals surface area (Å²) in [5.74, 6) is 0.898. The van der Waals surface area contributed by atoms with Crippen LogP contribution in [0.3, 0.4) is 0 Å². The predicted octanol–water partition coefficient (Wildman–Crippen LogP) is 3.01. The molecular formula is C19H22N2O3S. The number of morpholine rings is 1. The fraction of sp³-hybridized carbons (Fsp3) is 0.316. The monoisotopic (exact) mass is 358 g/mol. The second-order valence-corrected chi connectivity index (χ2v) is 6.63. The van der Waals surface area contributed by atoms with Crippen LogP contribution in [0.5, 0.6) is 5.75 Å². The maximum Gasteiger partial charge on any atom is 0.177 e. The fourth-order valence-corrected chi connectivity index (χ4v) is 3.25. The highest BCUT2D eigenvalue weighted by molar-refractivity contribution is 7.97. The van der Waals surface area contributed by atoms with Crippen LogP contribution in [0.25, 0.3) is 0 Å². The Morgan fingerprint density at radius 2 is 1.80 bits per heavy atom. The molecule has 0 saturated carbocycles. The molecule has 1 heterocycles. The van der Waals surface area contributed by atoms with Crippen LogP contribution in [-0.4, -0.2) is 45.7 Å². The number of ketones is 1. The Kier molecular flexibility index (Phi) is 6.33. The summed E-state index contributed by atoms with van der Waals surface area (Å²) in [6.45, 7) is 3.59. The quantitative estimate of drug-likeness (QED) is 0.607. The molecule has 0 bridgehead atoms. The number of hydrogen-bond donors (Lipinski definition) is 1. The van der Waals surface area contributed by atoms with Gasteiger partial charge >= 0.3 is 0 Å². The zero-order valence-electron chi connectivity index (χ0n) is 14.2. The normalized spacial score (nSPS) is 14.4. The first-order chi connectivity index (χ1) is 12.3. The molecular weight excluding hydrogens is 336 g/mol. The van der Waals surface area contributed by atoms with Crippen molar-refractivity contribution >= 4 is 23.4 Å². The molecule has 1 N–H and O–H groups in total. The van der Waals surface area contributed by atoms with Gasteiger partial charge in [-0.05, 0) is 60.5 Å². The number of benzene rings is 2. The molecule has 0 atom stereocenters. The second kappa shape index (κ2) is 8.89. The number of carbonyl (C=O) groups is 1. The molecule has 25 heavy (non-hydrogen) atoms. The van der Waals surface area contributed by atoms with Crippen LogP contribution >= 0.6 is 11.9 Å². The van der Waals surface area contributed by atoms with Crippen LogP contribution in [0.1, 0.15) is 10.4 Å². The molecule has 3 rings (SSSR count). The van der Waals surface area contributed by atoms with Crippen molar-refractivity contribution in [2.45, 2.75) is 4.90 Å². The number of carbonyl (C=O) groups excluding carboxylic acids is 1. The van der Waals surface area contributed by atoms with E-state index in [1.165, 1.54) is 11.9 Å². The van der Waals surface area contributed by atoms with Crippen molar-refractivity contribution in [3.8, 4) is 5.75 Å². The van der Waals surface area contributed by atoms with Gasteiger partial charge in [0.05, 0.1) is 26.9 Å². The first kappa shape index (κ1) is 17.8. The van der Waals surface area contributed by atoms with Gasteiger partial charge in [-0.3, -0.25) is 9.52 Å². The van der Waals surface area contributed by atoms with E-state index in [-0.39, 0.29) is 12.3 Å². The van der Waals surface area contributed by atoms with Crippen molar-refractivity contribution in [3.63, 3.8) is 0 Å². The number of anilines is 1.